The van der Waals surface area contributed by atoms with E-state index in [4.69, 9.17) is 0 Å². The molecule has 1 aliphatic heterocycles. The van der Waals surface area contributed by atoms with Crippen molar-refractivity contribution in [1.29, 1.82) is 0 Å². The molecule has 2 rings (SSSR count). The van der Waals surface area contributed by atoms with Crippen molar-refractivity contribution in [2.45, 2.75) is 33.2 Å². The number of hydrogen-bond donors (Lipinski definition) is 1. The zero-order valence-electron chi connectivity index (χ0n) is 10.2. The molecule has 0 aromatic carbocycles. The standard InChI is InChI=1S/C12H19N3.ClH/c1-9(2)15-10(3)8-12(14-15)11-4-6-13-7-5-11;/h4,8-9,13H,5-7H2,1-3H3;1H. The summed E-state index contributed by atoms with van der Waals surface area (Å²) in [4.78, 5) is 0. The summed E-state index contributed by atoms with van der Waals surface area (Å²) in [6, 6.07) is 2.64. The molecule has 3 nitrogen and oxygen atoms in total. The summed E-state index contributed by atoms with van der Waals surface area (Å²) in [7, 11) is 0. The molecule has 0 spiro atoms. The van der Waals surface area contributed by atoms with Gasteiger partial charge in [-0.05, 0) is 45.4 Å². The van der Waals surface area contributed by atoms with Crippen molar-refractivity contribution < 1.29 is 0 Å². The van der Waals surface area contributed by atoms with Crippen LogP contribution >= 0.6 is 12.4 Å². The van der Waals surface area contributed by atoms with Crippen LogP contribution in [0.1, 0.15) is 37.7 Å². The largest absolute Gasteiger partial charge is 0.313 e. The summed E-state index contributed by atoms with van der Waals surface area (Å²) >= 11 is 0. The molecule has 1 N–H and O–H groups in total. The minimum atomic E-state index is 0. The van der Waals surface area contributed by atoms with E-state index in [1.165, 1.54) is 11.3 Å². The van der Waals surface area contributed by atoms with Gasteiger partial charge in [0.05, 0.1) is 5.69 Å². The van der Waals surface area contributed by atoms with E-state index in [0.29, 0.717) is 6.04 Å². The van der Waals surface area contributed by atoms with Gasteiger partial charge in [0.2, 0.25) is 0 Å². The first-order valence-corrected chi connectivity index (χ1v) is 5.65. The minimum Gasteiger partial charge on any atom is -0.313 e. The second kappa shape index (κ2) is 5.51. The van der Waals surface area contributed by atoms with E-state index in [9.17, 15) is 0 Å². The number of nitrogens with zero attached hydrogens (tertiary/aromatic N) is 2. The van der Waals surface area contributed by atoms with Crippen LogP contribution in [0.15, 0.2) is 12.1 Å². The van der Waals surface area contributed by atoms with Crippen molar-refractivity contribution >= 4 is 18.0 Å². The number of nitrogens with one attached hydrogen (secondary N) is 1. The first-order valence-electron chi connectivity index (χ1n) is 5.65. The van der Waals surface area contributed by atoms with E-state index in [1.54, 1.807) is 0 Å². The molecule has 1 aliphatic rings. The molecular formula is C12H20ClN3. The molecule has 0 bridgehead atoms. The second-order valence-electron chi connectivity index (χ2n) is 4.39. The molecule has 1 aromatic heterocycles. The van der Waals surface area contributed by atoms with E-state index < -0.39 is 0 Å². The van der Waals surface area contributed by atoms with Gasteiger partial charge in [-0.25, -0.2) is 0 Å². The van der Waals surface area contributed by atoms with E-state index >= 15 is 0 Å². The SMILES string of the molecule is Cc1cc(C2=CCNCC2)nn1C(C)C.Cl. The summed E-state index contributed by atoms with van der Waals surface area (Å²) < 4.78 is 2.10. The molecule has 0 saturated heterocycles. The average molecular weight is 242 g/mol. The number of aromatic nitrogens is 2. The van der Waals surface area contributed by atoms with Crippen LogP contribution in [0.25, 0.3) is 5.57 Å². The topological polar surface area (TPSA) is 29.9 Å². The van der Waals surface area contributed by atoms with Crippen LogP contribution in [0.3, 0.4) is 0 Å². The lowest BCUT2D eigenvalue weighted by Gasteiger charge is -2.12. The fourth-order valence-electron chi connectivity index (χ4n) is 2.02. The first-order chi connectivity index (χ1) is 7.18. The van der Waals surface area contributed by atoms with E-state index in [1.807, 2.05) is 0 Å². The van der Waals surface area contributed by atoms with Crippen molar-refractivity contribution in [2.24, 2.45) is 0 Å². The minimum absolute atomic E-state index is 0. The normalized spacial score (nSPS) is 15.9. The molecule has 0 amide bonds. The Labute approximate surface area is 103 Å². The molecule has 0 fully saturated rings. The van der Waals surface area contributed by atoms with Gasteiger partial charge in [0, 0.05) is 18.3 Å². The third-order valence-electron chi connectivity index (χ3n) is 2.80. The van der Waals surface area contributed by atoms with Crippen LogP contribution in [0.4, 0.5) is 0 Å². The monoisotopic (exact) mass is 241 g/mol. The smallest absolute Gasteiger partial charge is 0.0883 e. The van der Waals surface area contributed by atoms with Crippen LogP contribution < -0.4 is 5.32 Å². The van der Waals surface area contributed by atoms with E-state index in [2.05, 4.69) is 48.0 Å². The van der Waals surface area contributed by atoms with Gasteiger partial charge in [-0.15, -0.1) is 12.4 Å². The van der Waals surface area contributed by atoms with E-state index in [-0.39, 0.29) is 12.4 Å². The van der Waals surface area contributed by atoms with Gasteiger partial charge >= 0.3 is 0 Å². The van der Waals surface area contributed by atoms with Crippen molar-refractivity contribution in [2.75, 3.05) is 13.1 Å². The predicted octanol–water partition coefficient (Wildman–Crippen LogP) is 2.57. The molecule has 0 aliphatic carbocycles. The molecule has 0 atom stereocenters. The van der Waals surface area contributed by atoms with Crippen LogP contribution in [-0.2, 0) is 0 Å². The highest BCUT2D eigenvalue weighted by molar-refractivity contribution is 5.85. The van der Waals surface area contributed by atoms with Crippen molar-refractivity contribution in [1.82, 2.24) is 15.1 Å². The number of halogens is 1. The fourth-order valence-corrected chi connectivity index (χ4v) is 2.02. The number of rotatable bonds is 2. The fraction of sp³-hybridized carbons (Fsp3) is 0.583. The highest BCUT2D eigenvalue weighted by Crippen LogP contribution is 2.20. The lowest BCUT2D eigenvalue weighted by molar-refractivity contribution is 0.517. The molecule has 0 unspecified atom stereocenters. The lowest BCUT2D eigenvalue weighted by Crippen LogP contribution is -2.20. The second-order valence-corrected chi connectivity index (χ2v) is 4.39. The van der Waals surface area contributed by atoms with Gasteiger partial charge in [-0.2, -0.15) is 5.10 Å². The third kappa shape index (κ3) is 2.66. The summed E-state index contributed by atoms with van der Waals surface area (Å²) in [6.45, 7) is 8.50. The Hall–Kier alpha value is -0.800. The summed E-state index contributed by atoms with van der Waals surface area (Å²) in [5.74, 6) is 0. The van der Waals surface area contributed by atoms with Gasteiger partial charge in [0.1, 0.15) is 0 Å². The van der Waals surface area contributed by atoms with Crippen molar-refractivity contribution in [3.05, 3.63) is 23.5 Å². The molecular weight excluding hydrogens is 222 g/mol. The maximum Gasteiger partial charge on any atom is 0.0883 e. The molecule has 90 valence electrons. The first kappa shape index (κ1) is 13.3. The number of hydrogen-bond acceptors (Lipinski definition) is 2. The third-order valence-corrected chi connectivity index (χ3v) is 2.80. The Bertz CT molecular complexity index is 380. The van der Waals surface area contributed by atoms with Crippen LogP contribution in [0.5, 0.6) is 0 Å². The Morgan fingerprint density at radius 1 is 1.44 bits per heavy atom. The van der Waals surface area contributed by atoms with Gasteiger partial charge in [-0.3, -0.25) is 4.68 Å². The van der Waals surface area contributed by atoms with Gasteiger partial charge in [0.15, 0.2) is 0 Å². The van der Waals surface area contributed by atoms with Crippen molar-refractivity contribution in [3.8, 4) is 0 Å². The van der Waals surface area contributed by atoms with Gasteiger partial charge in [-0.1, -0.05) is 6.08 Å². The Kier molecular flexibility index (Phi) is 4.56. The molecule has 0 saturated carbocycles. The maximum atomic E-state index is 4.65. The van der Waals surface area contributed by atoms with Crippen LogP contribution in [-0.4, -0.2) is 22.9 Å². The molecule has 16 heavy (non-hydrogen) atoms. The quantitative estimate of drug-likeness (QED) is 0.863. The molecule has 4 heteroatoms. The van der Waals surface area contributed by atoms with Crippen LogP contribution in [0, 0.1) is 6.92 Å². The highest BCUT2D eigenvalue weighted by Gasteiger charge is 2.12. The summed E-state index contributed by atoms with van der Waals surface area (Å²) in [6.07, 6.45) is 3.34. The van der Waals surface area contributed by atoms with Crippen LogP contribution in [0.2, 0.25) is 0 Å². The Morgan fingerprint density at radius 2 is 2.19 bits per heavy atom. The Morgan fingerprint density at radius 3 is 2.69 bits per heavy atom. The van der Waals surface area contributed by atoms with E-state index in [0.717, 1.165) is 25.2 Å². The van der Waals surface area contributed by atoms with Gasteiger partial charge in [0.25, 0.3) is 0 Å². The lowest BCUT2D eigenvalue weighted by atomic mass is 10.1. The molecule has 0 radical (unpaired) electrons. The summed E-state index contributed by atoms with van der Waals surface area (Å²) in [5, 5.41) is 7.97. The summed E-state index contributed by atoms with van der Waals surface area (Å²) in [5.41, 5.74) is 3.79. The zero-order chi connectivity index (χ0) is 10.8. The Balaban J connectivity index is 0.00000128. The average Bonchev–Trinajstić information content (AvgIpc) is 2.62. The van der Waals surface area contributed by atoms with Crippen molar-refractivity contribution in [3.63, 3.8) is 0 Å². The van der Waals surface area contributed by atoms with Gasteiger partial charge < -0.3 is 5.32 Å². The molecule has 1 aromatic rings. The predicted molar refractivity (Wildman–Crippen MR) is 70.1 cm³/mol. The zero-order valence-corrected chi connectivity index (χ0v) is 11.0. The number of aryl methyl sites for hydroxylation is 1. The maximum absolute atomic E-state index is 4.65. The molecule has 2 heterocycles. The highest BCUT2D eigenvalue weighted by atomic mass is 35.5.